The summed E-state index contributed by atoms with van der Waals surface area (Å²) < 4.78 is 5.47. The van der Waals surface area contributed by atoms with Crippen molar-refractivity contribution in [3.05, 3.63) is 35.3 Å². The molecule has 1 aromatic heterocycles. The van der Waals surface area contributed by atoms with E-state index in [1.165, 1.54) is 6.42 Å². The molecule has 1 fully saturated rings. The number of aliphatic hydroxyl groups is 1. The lowest BCUT2D eigenvalue weighted by Gasteiger charge is -2.21. The summed E-state index contributed by atoms with van der Waals surface area (Å²) in [5.41, 5.74) is 2.22. The number of rotatable bonds is 6. The molecule has 2 heterocycles. The van der Waals surface area contributed by atoms with Crippen molar-refractivity contribution in [2.75, 3.05) is 19.8 Å². The summed E-state index contributed by atoms with van der Waals surface area (Å²) in [6.07, 6.45) is 2.26. The zero-order valence-corrected chi connectivity index (χ0v) is 13.7. The van der Waals surface area contributed by atoms with E-state index >= 15 is 0 Å². The number of aliphatic hydroxyl groups excluding tert-OH is 1. The zero-order valence-electron chi connectivity index (χ0n) is 12.9. The van der Waals surface area contributed by atoms with Gasteiger partial charge in [0.05, 0.1) is 18.9 Å². The summed E-state index contributed by atoms with van der Waals surface area (Å²) in [5, 5.41) is 12.6. The van der Waals surface area contributed by atoms with Crippen molar-refractivity contribution in [1.29, 1.82) is 0 Å². The van der Waals surface area contributed by atoms with Crippen LogP contribution in [0.4, 0.5) is 0 Å². The van der Waals surface area contributed by atoms with Crippen LogP contribution in [0.2, 0.25) is 0 Å². The van der Waals surface area contributed by atoms with E-state index in [1.54, 1.807) is 11.3 Å². The number of benzene rings is 1. The molecule has 0 amide bonds. The normalized spacial score (nSPS) is 18.7. The fourth-order valence-electron chi connectivity index (χ4n) is 2.89. The minimum Gasteiger partial charge on any atom is -0.494 e. The second kappa shape index (κ2) is 7.22. The highest BCUT2D eigenvalue weighted by Crippen LogP contribution is 2.27. The van der Waals surface area contributed by atoms with Crippen LogP contribution in [0.25, 0.3) is 10.6 Å². The molecule has 1 saturated heterocycles. The minimum atomic E-state index is 0.246. The van der Waals surface area contributed by atoms with Gasteiger partial charge in [-0.05, 0) is 50.6 Å². The minimum absolute atomic E-state index is 0.246. The summed E-state index contributed by atoms with van der Waals surface area (Å²) in [4.78, 5) is 7.07. The van der Waals surface area contributed by atoms with Crippen LogP contribution in [0.15, 0.2) is 29.6 Å². The monoisotopic (exact) mass is 318 g/mol. The van der Waals surface area contributed by atoms with Crippen LogP contribution in [-0.4, -0.2) is 40.8 Å². The second-order valence-corrected chi connectivity index (χ2v) is 6.41. The second-order valence-electron chi connectivity index (χ2n) is 5.55. The number of thiazole rings is 1. The third-order valence-corrected chi connectivity index (χ3v) is 4.98. The van der Waals surface area contributed by atoms with Gasteiger partial charge in [0.15, 0.2) is 0 Å². The van der Waals surface area contributed by atoms with Gasteiger partial charge in [-0.2, -0.15) is 0 Å². The van der Waals surface area contributed by atoms with Gasteiger partial charge in [0.1, 0.15) is 10.8 Å². The average Bonchev–Trinajstić information content (AvgIpc) is 3.18. The molecule has 1 aromatic carbocycles. The van der Waals surface area contributed by atoms with E-state index in [2.05, 4.69) is 22.4 Å². The molecule has 4 nitrogen and oxygen atoms in total. The first-order valence-corrected chi connectivity index (χ1v) is 8.70. The maximum absolute atomic E-state index is 9.40. The quantitative estimate of drug-likeness (QED) is 0.888. The van der Waals surface area contributed by atoms with Crippen LogP contribution in [0, 0.1) is 0 Å². The van der Waals surface area contributed by atoms with E-state index in [0.29, 0.717) is 12.6 Å². The topological polar surface area (TPSA) is 45.6 Å². The van der Waals surface area contributed by atoms with Gasteiger partial charge < -0.3 is 9.84 Å². The zero-order chi connectivity index (χ0) is 15.4. The molecule has 1 aliphatic rings. The molecular formula is C17H22N2O2S. The van der Waals surface area contributed by atoms with Crippen LogP contribution in [0.1, 0.15) is 25.5 Å². The first kappa shape index (κ1) is 15.5. The standard InChI is InChI=1S/C17H22N2O2S/c1-2-21-16-7-5-13(6-8-16)17-18-14(12-22-17)10-19-9-3-4-15(19)11-20/h5-8,12,15,20H,2-4,9-11H2,1H3/t15-/m1/s1. The summed E-state index contributed by atoms with van der Waals surface area (Å²) in [7, 11) is 0. The van der Waals surface area contributed by atoms with Crippen molar-refractivity contribution in [2.24, 2.45) is 0 Å². The number of hydrogen-bond donors (Lipinski definition) is 1. The number of nitrogens with zero attached hydrogens (tertiary/aromatic N) is 2. The van der Waals surface area contributed by atoms with E-state index in [9.17, 15) is 5.11 Å². The Morgan fingerprint density at radius 2 is 2.18 bits per heavy atom. The van der Waals surface area contributed by atoms with Crippen LogP contribution in [0.5, 0.6) is 5.75 Å². The molecule has 118 valence electrons. The number of likely N-dealkylation sites (tertiary alicyclic amines) is 1. The Morgan fingerprint density at radius 3 is 2.91 bits per heavy atom. The summed E-state index contributed by atoms with van der Waals surface area (Å²) >= 11 is 1.67. The highest BCUT2D eigenvalue weighted by molar-refractivity contribution is 7.13. The Labute approximate surface area is 135 Å². The first-order valence-electron chi connectivity index (χ1n) is 7.82. The molecule has 0 radical (unpaired) electrons. The van der Waals surface area contributed by atoms with E-state index in [0.717, 1.165) is 41.5 Å². The maximum atomic E-state index is 9.40. The molecule has 1 atom stereocenters. The van der Waals surface area contributed by atoms with Crippen LogP contribution >= 0.6 is 11.3 Å². The van der Waals surface area contributed by atoms with Gasteiger partial charge in [-0.1, -0.05) is 0 Å². The summed E-state index contributed by atoms with van der Waals surface area (Å²) in [6, 6.07) is 8.39. The molecular weight excluding hydrogens is 296 g/mol. The Kier molecular flexibility index (Phi) is 5.08. The van der Waals surface area contributed by atoms with Crippen LogP contribution in [0.3, 0.4) is 0 Å². The Balaban J connectivity index is 1.68. The van der Waals surface area contributed by atoms with E-state index < -0.39 is 0 Å². The van der Waals surface area contributed by atoms with Gasteiger partial charge in [-0.3, -0.25) is 4.90 Å². The van der Waals surface area contributed by atoms with Crippen molar-refractivity contribution in [3.8, 4) is 16.3 Å². The molecule has 0 unspecified atom stereocenters. The molecule has 1 N–H and O–H groups in total. The summed E-state index contributed by atoms with van der Waals surface area (Å²) in [5.74, 6) is 0.894. The molecule has 0 bridgehead atoms. The third-order valence-electron chi connectivity index (χ3n) is 4.04. The Hall–Kier alpha value is -1.43. The van der Waals surface area contributed by atoms with Gasteiger partial charge in [0.2, 0.25) is 0 Å². The smallest absolute Gasteiger partial charge is 0.123 e. The van der Waals surface area contributed by atoms with E-state index in [4.69, 9.17) is 9.72 Å². The molecule has 3 rings (SSSR count). The molecule has 2 aromatic rings. The molecule has 5 heteroatoms. The highest BCUT2D eigenvalue weighted by atomic mass is 32.1. The van der Waals surface area contributed by atoms with Gasteiger partial charge in [0, 0.05) is 23.5 Å². The van der Waals surface area contributed by atoms with Crippen molar-refractivity contribution < 1.29 is 9.84 Å². The third kappa shape index (κ3) is 3.48. The van der Waals surface area contributed by atoms with E-state index in [1.807, 2.05) is 19.1 Å². The lowest BCUT2D eigenvalue weighted by Crippen LogP contribution is -2.31. The molecule has 0 aliphatic carbocycles. The van der Waals surface area contributed by atoms with Crippen molar-refractivity contribution in [3.63, 3.8) is 0 Å². The van der Waals surface area contributed by atoms with Gasteiger partial charge >= 0.3 is 0 Å². The predicted octanol–water partition coefficient (Wildman–Crippen LogP) is 3.17. The lowest BCUT2D eigenvalue weighted by molar-refractivity contribution is 0.152. The largest absolute Gasteiger partial charge is 0.494 e. The number of hydrogen-bond acceptors (Lipinski definition) is 5. The lowest BCUT2D eigenvalue weighted by atomic mass is 10.2. The maximum Gasteiger partial charge on any atom is 0.123 e. The highest BCUT2D eigenvalue weighted by Gasteiger charge is 2.24. The predicted molar refractivity (Wildman–Crippen MR) is 89.2 cm³/mol. The Bertz CT molecular complexity index is 597. The fourth-order valence-corrected chi connectivity index (χ4v) is 3.71. The van der Waals surface area contributed by atoms with Gasteiger partial charge in [-0.15, -0.1) is 11.3 Å². The van der Waals surface area contributed by atoms with Gasteiger partial charge in [0.25, 0.3) is 0 Å². The Morgan fingerprint density at radius 1 is 1.36 bits per heavy atom. The van der Waals surface area contributed by atoms with Gasteiger partial charge in [-0.25, -0.2) is 4.98 Å². The first-order chi connectivity index (χ1) is 10.8. The molecule has 1 aliphatic heterocycles. The molecule has 0 saturated carbocycles. The van der Waals surface area contributed by atoms with Crippen LogP contribution in [-0.2, 0) is 6.54 Å². The van der Waals surface area contributed by atoms with Crippen LogP contribution < -0.4 is 4.74 Å². The molecule has 22 heavy (non-hydrogen) atoms. The average molecular weight is 318 g/mol. The SMILES string of the molecule is CCOc1ccc(-c2nc(CN3CCC[C@@H]3CO)cs2)cc1. The molecule has 0 spiro atoms. The van der Waals surface area contributed by atoms with Crippen molar-refractivity contribution >= 4 is 11.3 Å². The summed E-state index contributed by atoms with van der Waals surface area (Å²) in [6.45, 7) is 4.80. The fraction of sp³-hybridized carbons (Fsp3) is 0.471. The number of ether oxygens (including phenoxy) is 1. The number of aromatic nitrogens is 1. The van der Waals surface area contributed by atoms with Crippen molar-refractivity contribution in [2.45, 2.75) is 32.4 Å². The van der Waals surface area contributed by atoms with Crippen molar-refractivity contribution in [1.82, 2.24) is 9.88 Å². The van der Waals surface area contributed by atoms with E-state index in [-0.39, 0.29) is 6.61 Å².